The molecule has 0 aromatic carbocycles. The molecule has 0 bridgehead atoms. The van der Waals surface area contributed by atoms with Crippen LogP contribution in [0.25, 0.3) is 0 Å². The molecule has 0 radical (unpaired) electrons. The van der Waals surface area contributed by atoms with Gasteiger partial charge in [-0.25, -0.2) is 13.8 Å². The third-order valence-corrected chi connectivity index (χ3v) is 1.74. The number of pyridine rings is 1. The van der Waals surface area contributed by atoms with Crippen LogP contribution < -0.4 is 5.73 Å². The van der Waals surface area contributed by atoms with E-state index in [4.69, 9.17) is 16.1 Å². The van der Waals surface area contributed by atoms with Gasteiger partial charge in [0.05, 0.1) is 24.1 Å². The smallest absolute Gasteiger partial charge is 0.266 e. The predicted molar refractivity (Wildman–Crippen MR) is 44.2 cm³/mol. The molecule has 0 saturated heterocycles. The summed E-state index contributed by atoms with van der Waals surface area (Å²) >= 11 is 0. The molecule has 1 aromatic rings. The molecule has 0 atom stereocenters. The van der Waals surface area contributed by atoms with Crippen molar-refractivity contribution in [2.75, 3.05) is 5.73 Å². The van der Waals surface area contributed by atoms with E-state index in [-0.39, 0.29) is 16.9 Å². The number of hydrogen-bond donors (Lipinski definition) is 2. The van der Waals surface area contributed by atoms with Crippen LogP contribution in [-0.2, 0) is 6.61 Å². The number of rotatable bonds is 2. The molecule has 0 aliphatic rings. The Morgan fingerprint density at radius 2 is 2.29 bits per heavy atom. The fourth-order valence-corrected chi connectivity index (χ4v) is 1.10. The normalized spacial score (nSPS) is 10.2. The van der Waals surface area contributed by atoms with Crippen LogP contribution in [0.15, 0.2) is 6.20 Å². The number of anilines is 1. The first-order chi connectivity index (χ1) is 6.61. The average Bonchev–Trinajstić information content (AvgIpc) is 2.16. The van der Waals surface area contributed by atoms with E-state index >= 15 is 0 Å². The molecule has 0 aliphatic carbocycles. The number of nitrogens with two attached hydrogens (primary N) is 1. The van der Waals surface area contributed by atoms with Crippen molar-refractivity contribution in [2.24, 2.45) is 0 Å². The summed E-state index contributed by atoms with van der Waals surface area (Å²) in [7, 11) is 0. The highest BCUT2D eigenvalue weighted by atomic mass is 19.3. The zero-order chi connectivity index (χ0) is 10.7. The molecule has 4 nitrogen and oxygen atoms in total. The maximum absolute atomic E-state index is 12.5. The van der Waals surface area contributed by atoms with Crippen LogP contribution in [-0.4, -0.2) is 10.1 Å². The van der Waals surface area contributed by atoms with Gasteiger partial charge in [-0.05, 0) is 0 Å². The van der Waals surface area contributed by atoms with Crippen molar-refractivity contribution < 1.29 is 13.9 Å². The van der Waals surface area contributed by atoms with Gasteiger partial charge in [0.2, 0.25) is 0 Å². The summed E-state index contributed by atoms with van der Waals surface area (Å²) in [6.45, 7) is -0.680. The number of aliphatic hydroxyl groups excluding tert-OH is 1. The zero-order valence-electron chi connectivity index (χ0n) is 7.04. The van der Waals surface area contributed by atoms with Crippen molar-refractivity contribution in [2.45, 2.75) is 13.0 Å². The van der Waals surface area contributed by atoms with E-state index in [1.165, 1.54) is 0 Å². The Hall–Kier alpha value is -1.74. The second kappa shape index (κ2) is 3.98. The molecule has 0 saturated carbocycles. The van der Waals surface area contributed by atoms with Crippen LogP contribution in [0.4, 0.5) is 14.5 Å². The van der Waals surface area contributed by atoms with Gasteiger partial charge in [-0.3, -0.25) is 0 Å². The summed E-state index contributed by atoms with van der Waals surface area (Å²) in [5, 5.41) is 17.4. The fourth-order valence-electron chi connectivity index (χ4n) is 1.10. The molecule has 3 N–H and O–H groups in total. The topological polar surface area (TPSA) is 82.9 Å². The van der Waals surface area contributed by atoms with E-state index < -0.39 is 18.6 Å². The lowest BCUT2D eigenvalue weighted by Gasteiger charge is -2.09. The lowest BCUT2D eigenvalue weighted by atomic mass is 10.1. The van der Waals surface area contributed by atoms with E-state index in [1.807, 2.05) is 0 Å². The first kappa shape index (κ1) is 10.3. The van der Waals surface area contributed by atoms with Crippen molar-refractivity contribution in [1.82, 2.24) is 4.98 Å². The van der Waals surface area contributed by atoms with Crippen LogP contribution >= 0.6 is 0 Å². The van der Waals surface area contributed by atoms with Gasteiger partial charge in [-0.2, -0.15) is 5.26 Å². The van der Waals surface area contributed by atoms with Crippen LogP contribution in [0.5, 0.6) is 0 Å². The van der Waals surface area contributed by atoms with Crippen molar-refractivity contribution >= 4 is 5.69 Å². The Kier molecular flexibility index (Phi) is 2.94. The number of hydrogen-bond acceptors (Lipinski definition) is 4. The number of nitrogens with zero attached hydrogens (tertiary/aromatic N) is 2. The number of nitriles is 1. The average molecular weight is 199 g/mol. The van der Waals surface area contributed by atoms with Gasteiger partial charge in [0.15, 0.2) is 0 Å². The van der Waals surface area contributed by atoms with E-state index in [0.29, 0.717) is 0 Å². The van der Waals surface area contributed by atoms with Gasteiger partial charge in [-0.1, -0.05) is 0 Å². The molecule has 1 rings (SSSR count). The number of aliphatic hydroxyl groups is 1. The number of halogens is 2. The molecule has 0 spiro atoms. The van der Waals surface area contributed by atoms with Crippen molar-refractivity contribution in [1.29, 1.82) is 5.26 Å². The van der Waals surface area contributed by atoms with E-state index in [9.17, 15) is 8.78 Å². The fraction of sp³-hybridized carbons (Fsp3) is 0.250. The Balaban J connectivity index is 3.45. The molecular weight excluding hydrogens is 192 g/mol. The van der Waals surface area contributed by atoms with Crippen LogP contribution in [0, 0.1) is 11.3 Å². The second-order valence-electron chi connectivity index (χ2n) is 2.52. The van der Waals surface area contributed by atoms with Gasteiger partial charge in [0.1, 0.15) is 11.8 Å². The van der Waals surface area contributed by atoms with Gasteiger partial charge in [-0.15, -0.1) is 0 Å². The minimum absolute atomic E-state index is 0.206. The Morgan fingerprint density at radius 1 is 1.64 bits per heavy atom. The van der Waals surface area contributed by atoms with Crippen molar-refractivity contribution in [3.63, 3.8) is 0 Å². The highest BCUT2D eigenvalue weighted by Crippen LogP contribution is 2.29. The molecular formula is C8H7F2N3O. The first-order valence-corrected chi connectivity index (χ1v) is 3.68. The van der Waals surface area contributed by atoms with Gasteiger partial charge in [0.25, 0.3) is 6.43 Å². The quantitative estimate of drug-likeness (QED) is 0.743. The summed E-state index contributed by atoms with van der Waals surface area (Å²) in [6.07, 6.45) is -1.84. The third kappa shape index (κ3) is 1.63. The van der Waals surface area contributed by atoms with Crippen molar-refractivity contribution in [3.8, 4) is 6.07 Å². The second-order valence-corrected chi connectivity index (χ2v) is 2.52. The maximum atomic E-state index is 12.5. The molecule has 74 valence electrons. The lowest BCUT2D eigenvalue weighted by molar-refractivity contribution is 0.148. The maximum Gasteiger partial charge on any atom is 0.266 e. The van der Waals surface area contributed by atoms with Gasteiger partial charge in [0, 0.05) is 5.56 Å². The third-order valence-electron chi connectivity index (χ3n) is 1.74. The Bertz CT molecular complexity index is 387. The Morgan fingerprint density at radius 3 is 2.71 bits per heavy atom. The summed E-state index contributed by atoms with van der Waals surface area (Å²) in [5.74, 6) is 0. The van der Waals surface area contributed by atoms with Gasteiger partial charge < -0.3 is 10.8 Å². The SMILES string of the molecule is N#Cc1ncc(N)c(C(F)F)c1CO. The summed E-state index contributed by atoms with van der Waals surface area (Å²) < 4.78 is 24.9. The number of aromatic nitrogens is 1. The predicted octanol–water partition coefficient (Wildman–Crippen LogP) is 0.965. The van der Waals surface area contributed by atoms with Crippen LogP contribution in [0.3, 0.4) is 0 Å². The highest BCUT2D eigenvalue weighted by molar-refractivity contribution is 5.53. The zero-order valence-corrected chi connectivity index (χ0v) is 7.04. The molecule has 0 fully saturated rings. The Labute approximate surface area is 78.6 Å². The summed E-state index contributed by atoms with van der Waals surface area (Å²) in [5.41, 5.74) is 4.09. The summed E-state index contributed by atoms with van der Waals surface area (Å²) in [4.78, 5) is 3.53. The monoisotopic (exact) mass is 199 g/mol. The number of nitrogen functional groups attached to an aromatic ring is 1. The lowest BCUT2D eigenvalue weighted by Crippen LogP contribution is -2.05. The molecule has 1 aromatic heterocycles. The van der Waals surface area contributed by atoms with E-state index in [1.54, 1.807) is 6.07 Å². The summed E-state index contributed by atoms with van der Waals surface area (Å²) in [6, 6.07) is 1.61. The van der Waals surface area contributed by atoms with Gasteiger partial charge >= 0.3 is 0 Å². The van der Waals surface area contributed by atoms with E-state index in [0.717, 1.165) is 6.20 Å². The largest absolute Gasteiger partial charge is 0.397 e. The molecule has 0 aliphatic heterocycles. The minimum atomic E-state index is -2.83. The molecule has 0 amide bonds. The minimum Gasteiger partial charge on any atom is -0.397 e. The first-order valence-electron chi connectivity index (χ1n) is 3.68. The molecule has 0 unspecified atom stereocenters. The standard InChI is InChI=1S/C8H7F2N3O/c9-8(10)7-4(3-14)6(1-11)13-2-5(7)12/h2,8,14H,3,12H2. The van der Waals surface area contributed by atoms with Crippen LogP contribution in [0.1, 0.15) is 23.2 Å². The number of alkyl halides is 2. The molecule has 14 heavy (non-hydrogen) atoms. The highest BCUT2D eigenvalue weighted by Gasteiger charge is 2.19. The van der Waals surface area contributed by atoms with Crippen molar-refractivity contribution in [3.05, 3.63) is 23.0 Å². The molecule has 6 heteroatoms. The molecule has 1 heterocycles. The van der Waals surface area contributed by atoms with Crippen LogP contribution in [0.2, 0.25) is 0 Å². The van der Waals surface area contributed by atoms with E-state index in [2.05, 4.69) is 4.98 Å².